The predicted octanol–water partition coefficient (Wildman–Crippen LogP) is 1.40. The van der Waals surface area contributed by atoms with Gasteiger partial charge >= 0.3 is 6.18 Å². The Balaban J connectivity index is 2.08. The van der Waals surface area contributed by atoms with E-state index >= 15 is 0 Å². The molecule has 0 fully saturated rings. The molecule has 1 amide bonds. The lowest BCUT2D eigenvalue weighted by atomic mass is 10.2. The van der Waals surface area contributed by atoms with Crippen LogP contribution in [0.1, 0.15) is 17.4 Å². The van der Waals surface area contributed by atoms with Gasteiger partial charge in [-0.05, 0) is 31.2 Å². The number of primary sulfonamides is 1. The molecule has 4 N–H and O–H groups in total. The Hall–Kier alpha value is -2.00. The zero-order valence-electron chi connectivity index (χ0n) is 14.7. The van der Waals surface area contributed by atoms with Crippen LogP contribution < -0.4 is 15.2 Å². The molecule has 1 heterocycles. The largest absolute Gasteiger partial charge is 0.417 e. The van der Waals surface area contributed by atoms with E-state index in [1.807, 2.05) is 4.72 Å². The Bertz CT molecular complexity index is 1110. The van der Waals surface area contributed by atoms with E-state index in [0.717, 1.165) is 36.5 Å². The van der Waals surface area contributed by atoms with Crippen LogP contribution >= 0.6 is 11.3 Å². The monoisotopic (exact) mass is 471 g/mol. The number of rotatable bonds is 7. The van der Waals surface area contributed by atoms with Gasteiger partial charge in [0.2, 0.25) is 26.0 Å². The van der Waals surface area contributed by atoms with Crippen molar-refractivity contribution in [1.82, 2.24) is 10.0 Å². The van der Waals surface area contributed by atoms with E-state index in [1.54, 1.807) is 0 Å². The van der Waals surface area contributed by atoms with Gasteiger partial charge in [0.15, 0.2) is 0 Å². The number of sulfonamides is 2. The molecule has 1 aromatic heterocycles. The number of nitrogens with one attached hydrogen (secondary N) is 2. The summed E-state index contributed by atoms with van der Waals surface area (Å²) in [5, 5.41) is 7.35. The highest BCUT2D eigenvalue weighted by Gasteiger charge is 2.37. The fraction of sp³-hybridized carbons (Fsp3) is 0.267. The molecule has 1 aromatic carbocycles. The first-order valence-electron chi connectivity index (χ1n) is 7.79. The van der Waals surface area contributed by atoms with Gasteiger partial charge in [0.1, 0.15) is 4.21 Å². The SMILES string of the molecule is C[C@H](NS(=O)(=O)c1ccccc1C(F)(F)F)C(=O)NCc1ccc(S(N)(=O)=O)s1. The third kappa shape index (κ3) is 5.99. The lowest BCUT2D eigenvalue weighted by Gasteiger charge is -2.17. The highest BCUT2D eigenvalue weighted by atomic mass is 32.2. The smallest absolute Gasteiger partial charge is 0.350 e. The Labute approximate surface area is 169 Å². The van der Waals surface area contributed by atoms with Crippen LogP contribution in [0.15, 0.2) is 45.5 Å². The van der Waals surface area contributed by atoms with E-state index in [4.69, 9.17) is 5.14 Å². The maximum Gasteiger partial charge on any atom is 0.417 e. The van der Waals surface area contributed by atoms with Gasteiger partial charge in [0.25, 0.3) is 0 Å². The van der Waals surface area contributed by atoms with Crippen LogP contribution in [0.5, 0.6) is 0 Å². The molecule has 29 heavy (non-hydrogen) atoms. The third-order valence-corrected chi connectivity index (χ3v) is 7.68. The fourth-order valence-electron chi connectivity index (χ4n) is 2.22. The van der Waals surface area contributed by atoms with E-state index in [0.29, 0.717) is 10.9 Å². The molecule has 0 spiro atoms. The lowest BCUT2D eigenvalue weighted by Crippen LogP contribution is -2.44. The highest BCUT2D eigenvalue weighted by Crippen LogP contribution is 2.33. The van der Waals surface area contributed by atoms with Crippen LogP contribution in [-0.4, -0.2) is 28.8 Å². The number of halogens is 3. The van der Waals surface area contributed by atoms with Gasteiger partial charge in [0, 0.05) is 4.88 Å². The molecule has 0 aliphatic heterocycles. The lowest BCUT2D eigenvalue weighted by molar-refractivity contribution is -0.139. The van der Waals surface area contributed by atoms with Crippen molar-refractivity contribution in [2.24, 2.45) is 5.14 Å². The van der Waals surface area contributed by atoms with Gasteiger partial charge in [-0.15, -0.1) is 11.3 Å². The van der Waals surface area contributed by atoms with Gasteiger partial charge in [-0.3, -0.25) is 4.79 Å². The summed E-state index contributed by atoms with van der Waals surface area (Å²) in [6.07, 6.45) is -4.89. The van der Waals surface area contributed by atoms with E-state index in [-0.39, 0.29) is 10.8 Å². The number of hydrogen-bond acceptors (Lipinski definition) is 6. The van der Waals surface area contributed by atoms with Crippen molar-refractivity contribution < 1.29 is 34.8 Å². The number of alkyl halides is 3. The molecule has 0 unspecified atom stereocenters. The number of carbonyl (C=O) groups excluding carboxylic acids is 1. The average molecular weight is 472 g/mol. The molecule has 0 radical (unpaired) electrons. The molecule has 0 bridgehead atoms. The first-order valence-corrected chi connectivity index (χ1v) is 11.6. The second kappa shape index (κ2) is 8.39. The summed E-state index contributed by atoms with van der Waals surface area (Å²) in [4.78, 5) is 11.5. The molecular formula is C15H16F3N3O5S3. The minimum Gasteiger partial charge on any atom is -0.350 e. The summed E-state index contributed by atoms with van der Waals surface area (Å²) in [6, 6.07) is 4.87. The first kappa shape index (κ1) is 23.3. The number of thiophene rings is 1. The molecule has 0 saturated carbocycles. The van der Waals surface area contributed by atoms with Gasteiger partial charge < -0.3 is 5.32 Å². The van der Waals surface area contributed by atoms with Crippen molar-refractivity contribution in [2.45, 2.75) is 34.8 Å². The number of hydrogen-bond donors (Lipinski definition) is 3. The fourth-order valence-corrected chi connectivity index (χ4v) is 5.37. The van der Waals surface area contributed by atoms with Crippen molar-refractivity contribution in [3.63, 3.8) is 0 Å². The van der Waals surface area contributed by atoms with E-state index in [1.165, 1.54) is 12.1 Å². The van der Waals surface area contributed by atoms with Crippen LogP contribution in [0.2, 0.25) is 0 Å². The predicted molar refractivity (Wildman–Crippen MR) is 98.8 cm³/mol. The maximum absolute atomic E-state index is 13.0. The van der Waals surface area contributed by atoms with E-state index in [9.17, 15) is 34.8 Å². The van der Waals surface area contributed by atoms with Crippen LogP contribution in [0.3, 0.4) is 0 Å². The summed E-state index contributed by atoms with van der Waals surface area (Å²) in [5.74, 6) is -0.816. The zero-order valence-corrected chi connectivity index (χ0v) is 17.2. The average Bonchev–Trinajstić information content (AvgIpc) is 3.08. The molecule has 0 saturated heterocycles. The Morgan fingerprint density at radius 2 is 1.76 bits per heavy atom. The van der Waals surface area contributed by atoms with Gasteiger partial charge in [-0.1, -0.05) is 12.1 Å². The summed E-state index contributed by atoms with van der Waals surface area (Å²) in [6.45, 7) is 1.04. The van der Waals surface area contributed by atoms with E-state index < -0.39 is 48.6 Å². The van der Waals surface area contributed by atoms with Crippen LogP contribution in [-0.2, 0) is 37.6 Å². The van der Waals surface area contributed by atoms with Crippen LogP contribution in [0.25, 0.3) is 0 Å². The summed E-state index contributed by atoms with van der Waals surface area (Å²) in [5.41, 5.74) is -1.35. The normalized spacial score (nSPS) is 13.8. The molecule has 8 nitrogen and oxygen atoms in total. The van der Waals surface area contributed by atoms with Crippen LogP contribution in [0, 0.1) is 0 Å². The quantitative estimate of drug-likeness (QED) is 0.561. The number of amides is 1. The number of benzene rings is 1. The molecule has 1 atom stereocenters. The second-order valence-electron chi connectivity index (χ2n) is 5.82. The summed E-state index contributed by atoms with van der Waals surface area (Å²) >= 11 is 0.817. The van der Waals surface area contributed by atoms with Gasteiger partial charge in [-0.2, -0.15) is 17.9 Å². The topological polar surface area (TPSA) is 135 Å². The zero-order chi connectivity index (χ0) is 22.0. The van der Waals surface area contributed by atoms with Crippen molar-refractivity contribution in [3.8, 4) is 0 Å². The molecule has 14 heteroatoms. The van der Waals surface area contributed by atoms with Crippen molar-refractivity contribution in [3.05, 3.63) is 46.8 Å². The van der Waals surface area contributed by atoms with Crippen LogP contribution in [0.4, 0.5) is 13.2 Å². The Kier molecular flexibility index (Phi) is 6.74. The third-order valence-electron chi connectivity index (χ3n) is 3.56. The molecule has 0 aliphatic rings. The number of carbonyl (C=O) groups is 1. The first-order chi connectivity index (χ1) is 13.2. The molecular weight excluding hydrogens is 455 g/mol. The van der Waals surface area contributed by atoms with Crippen molar-refractivity contribution in [2.75, 3.05) is 0 Å². The highest BCUT2D eigenvalue weighted by molar-refractivity contribution is 7.91. The maximum atomic E-state index is 13.0. The summed E-state index contributed by atoms with van der Waals surface area (Å²) < 4.78 is 88.0. The van der Waals surface area contributed by atoms with Gasteiger partial charge in [-0.25, -0.2) is 22.0 Å². The molecule has 2 aromatic rings. The number of nitrogens with two attached hydrogens (primary N) is 1. The minimum absolute atomic E-state index is 0.112. The van der Waals surface area contributed by atoms with Crippen molar-refractivity contribution in [1.29, 1.82) is 0 Å². The van der Waals surface area contributed by atoms with Gasteiger partial charge in [0.05, 0.1) is 23.0 Å². The second-order valence-corrected chi connectivity index (χ2v) is 10.5. The standard InChI is InChI=1S/C15H16F3N3O5S3/c1-9(14(22)20-8-10-6-7-13(27-10)28(19,23)24)21-29(25,26)12-5-3-2-4-11(12)15(16,17)18/h2-7,9,21H,8H2,1H3,(H,20,22)(H2,19,23,24)/t9-/m0/s1. The Morgan fingerprint density at radius 3 is 2.31 bits per heavy atom. The van der Waals surface area contributed by atoms with Crippen molar-refractivity contribution >= 4 is 37.3 Å². The minimum atomic E-state index is -4.89. The molecule has 160 valence electrons. The van der Waals surface area contributed by atoms with E-state index in [2.05, 4.69) is 5.32 Å². The molecule has 2 rings (SSSR count). The summed E-state index contributed by atoms with van der Waals surface area (Å²) in [7, 11) is -8.53. The Morgan fingerprint density at radius 1 is 1.14 bits per heavy atom. The molecule has 0 aliphatic carbocycles.